The summed E-state index contributed by atoms with van der Waals surface area (Å²) < 4.78 is 26.6. The van der Waals surface area contributed by atoms with E-state index in [2.05, 4.69) is 11.1 Å². The maximum atomic E-state index is 11.1. The summed E-state index contributed by atoms with van der Waals surface area (Å²) in [5, 5.41) is 8.26. The van der Waals surface area contributed by atoms with E-state index in [1.54, 1.807) is 0 Å². The summed E-state index contributed by atoms with van der Waals surface area (Å²) in [5.74, 6) is -1.36. The molecule has 0 aromatic rings. The van der Waals surface area contributed by atoms with Crippen molar-refractivity contribution >= 4 is 16.1 Å². The lowest BCUT2D eigenvalue weighted by atomic mass is 10.1. The van der Waals surface area contributed by atoms with Crippen molar-refractivity contribution in [2.45, 2.75) is 45.4 Å². The van der Waals surface area contributed by atoms with Crippen LogP contribution in [0, 0.1) is 0 Å². The highest BCUT2D eigenvalue weighted by Crippen LogP contribution is 2.07. The van der Waals surface area contributed by atoms with Crippen LogP contribution in [0.1, 0.15) is 45.4 Å². The molecule has 0 spiro atoms. The predicted octanol–water partition coefficient (Wildman–Crippen LogP) is 1.78. The monoisotopic (exact) mass is 252 g/mol. The highest BCUT2D eigenvalue weighted by atomic mass is 32.2. The molecule has 0 aliphatic heterocycles. The van der Waals surface area contributed by atoms with E-state index in [9.17, 15) is 13.2 Å². The minimum absolute atomic E-state index is 0.0909. The molecule has 0 radical (unpaired) electrons. The van der Waals surface area contributed by atoms with Gasteiger partial charge in [0.05, 0.1) is 5.75 Å². The first-order valence-corrected chi connectivity index (χ1v) is 7.14. The first-order chi connectivity index (χ1) is 7.48. The number of hydrogen-bond donors (Lipinski definition) is 1. The first kappa shape index (κ1) is 15.4. The summed E-state index contributed by atoms with van der Waals surface area (Å²) in [5.41, 5.74) is 0. The molecule has 0 bridgehead atoms. The first-order valence-electron chi connectivity index (χ1n) is 5.57. The van der Waals surface area contributed by atoms with Crippen LogP contribution in [0.15, 0.2) is 0 Å². The molecule has 0 saturated heterocycles. The van der Waals surface area contributed by atoms with Crippen LogP contribution in [0.25, 0.3) is 0 Å². The Morgan fingerprint density at radius 1 is 1.12 bits per heavy atom. The molecule has 6 heteroatoms. The summed E-state index contributed by atoms with van der Waals surface area (Å²) in [6.45, 7) is 1.34. The second-order valence-corrected chi connectivity index (χ2v) is 5.44. The Kier molecular flexibility index (Phi) is 8.19. The summed E-state index contributed by atoms with van der Waals surface area (Å²) in [4.78, 5) is 10.1. The second-order valence-electron chi connectivity index (χ2n) is 3.69. The number of aliphatic carboxylic acids is 1. The normalized spacial score (nSPS) is 11.6. The van der Waals surface area contributed by atoms with Crippen molar-refractivity contribution in [3.05, 3.63) is 0 Å². The molecule has 1 N–H and O–H groups in total. The molecule has 16 heavy (non-hydrogen) atoms. The van der Waals surface area contributed by atoms with Crippen LogP contribution in [-0.2, 0) is 19.1 Å². The van der Waals surface area contributed by atoms with Gasteiger partial charge in [-0.05, 0) is 6.42 Å². The van der Waals surface area contributed by atoms with Gasteiger partial charge in [-0.1, -0.05) is 39.0 Å². The summed E-state index contributed by atoms with van der Waals surface area (Å²) in [6, 6.07) is 0. The van der Waals surface area contributed by atoms with Crippen LogP contribution in [0.3, 0.4) is 0 Å². The maximum absolute atomic E-state index is 11.1. The third kappa shape index (κ3) is 9.92. The summed E-state index contributed by atoms with van der Waals surface area (Å²) in [7, 11) is -3.65. The highest BCUT2D eigenvalue weighted by Gasteiger charge is 2.12. The van der Waals surface area contributed by atoms with Gasteiger partial charge in [0.25, 0.3) is 10.1 Å². The molecule has 96 valence electrons. The van der Waals surface area contributed by atoms with Crippen LogP contribution in [0.4, 0.5) is 0 Å². The van der Waals surface area contributed by atoms with Gasteiger partial charge < -0.3 is 5.11 Å². The fourth-order valence-electron chi connectivity index (χ4n) is 1.26. The molecule has 0 aromatic carbocycles. The summed E-state index contributed by atoms with van der Waals surface area (Å²) in [6.07, 6.45) is 5.83. The van der Waals surface area contributed by atoms with E-state index in [0.717, 1.165) is 25.7 Å². The molecule has 0 rings (SSSR count). The van der Waals surface area contributed by atoms with Crippen molar-refractivity contribution in [1.82, 2.24) is 0 Å². The van der Waals surface area contributed by atoms with Crippen molar-refractivity contribution in [3.8, 4) is 0 Å². The van der Waals surface area contributed by atoms with Gasteiger partial charge in [-0.3, -0.25) is 4.18 Å². The predicted molar refractivity (Wildman–Crippen MR) is 60.8 cm³/mol. The Morgan fingerprint density at radius 2 is 1.69 bits per heavy atom. The molecule has 0 aromatic heterocycles. The van der Waals surface area contributed by atoms with E-state index in [4.69, 9.17) is 5.11 Å². The van der Waals surface area contributed by atoms with Crippen molar-refractivity contribution in [2.24, 2.45) is 0 Å². The maximum Gasteiger partial charge on any atom is 0.331 e. The molecule has 0 aliphatic rings. The van der Waals surface area contributed by atoms with Gasteiger partial charge in [-0.25, -0.2) is 4.79 Å². The Morgan fingerprint density at radius 3 is 2.25 bits per heavy atom. The fraction of sp³-hybridized carbons (Fsp3) is 0.900. The van der Waals surface area contributed by atoms with E-state index < -0.39 is 22.7 Å². The standard InChI is InChI=1S/C10H20O5S/c1-2-3-4-5-6-7-8-16(13,14)15-9-10(11)12/h2-9H2,1H3,(H,11,12). The Bertz CT molecular complexity index is 284. The van der Waals surface area contributed by atoms with Crippen LogP contribution in [-0.4, -0.2) is 31.9 Å². The third-order valence-corrected chi connectivity index (χ3v) is 3.38. The van der Waals surface area contributed by atoms with Gasteiger partial charge in [0.15, 0.2) is 6.61 Å². The largest absolute Gasteiger partial charge is 0.479 e. The Balaban J connectivity index is 3.55. The van der Waals surface area contributed by atoms with Crippen molar-refractivity contribution in [3.63, 3.8) is 0 Å². The number of hydrogen-bond acceptors (Lipinski definition) is 4. The van der Waals surface area contributed by atoms with Crippen LogP contribution in [0.5, 0.6) is 0 Å². The molecule has 0 saturated carbocycles. The number of carboxylic acids is 1. The molecule has 0 heterocycles. The van der Waals surface area contributed by atoms with Gasteiger partial charge in [-0.15, -0.1) is 0 Å². The lowest BCUT2D eigenvalue weighted by molar-refractivity contribution is -0.139. The van der Waals surface area contributed by atoms with Crippen molar-refractivity contribution in [1.29, 1.82) is 0 Å². The molecular weight excluding hydrogens is 232 g/mol. The highest BCUT2D eigenvalue weighted by molar-refractivity contribution is 7.86. The zero-order valence-electron chi connectivity index (χ0n) is 9.65. The Hall–Kier alpha value is -0.620. The van der Waals surface area contributed by atoms with Gasteiger partial charge in [0.2, 0.25) is 0 Å². The summed E-state index contributed by atoms with van der Waals surface area (Å²) >= 11 is 0. The van der Waals surface area contributed by atoms with Gasteiger partial charge >= 0.3 is 5.97 Å². The smallest absolute Gasteiger partial charge is 0.331 e. The zero-order valence-corrected chi connectivity index (χ0v) is 10.5. The minimum atomic E-state index is -3.65. The second kappa shape index (κ2) is 8.52. The molecular formula is C10H20O5S. The van der Waals surface area contributed by atoms with E-state index in [-0.39, 0.29) is 5.75 Å². The van der Waals surface area contributed by atoms with Gasteiger partial charge in [-0.2, -0.15) is 8.42 Å². The molecule has 0 amide bonds. The lowest BCUT2D eigenvalue weighted by Gasteiger charge is -2.03. The number of carboxylic acid groups (broad SMARTS) is 1. The van der Waals surface area contributed by atoms with Crippen LogP contribution < -0.4 is 0 Å². The molecule has 0 aliphatic carbocycles. The lowest BCUT2D eigenvalue weighted by Crippen LogP contribution is -2.16. The SMILES string of the molecule is CCCCCCCCS(=O)(=O)OCC(=O)O. The van der Waals surface area contributed by atoms with Gasteiger partial charge in [0.1, 0.15) is 0 Å². The molecule has 0 unspecified atom stereocenters. The van der Waals surface area contributed by atoms with Crippen LogP contribution >= 0.6 is 0 Å². The Labute approximate surface area is 96.9 Å². The average Bonchev–Trinajstić information content (AvgIpc) is 2.21. The fourth-order valence-corrected chi connectivity index (χ4v) is 2.21. The number of unbranched alkanes of at least 4 members (excludes halogenated alkanes) is 5. The van der Waals surface area contributed by atoms with Crippen LogP contribution in [0.2, 0.25) is 0 Å². The molecule has 0 fully saturated rings. The van der Waals surface area contributed by atoms with E-state index in [0.29, 0.717) is 6.42 Å². The third-order valence-electron chi connectivity index (χ3n) is 2.11. The van der Waals surface area contributed by atoms with E-state index in [1.807, 2.05) is 0 Å². The molecule has 0 atom stereocenters. The van der Waals surface area contributed by atoms with Crippen molar-refractivity contribution in [2.75, 3.05) is 12.4 Å². The number of rotatable bonds is 10. The van der Waals surface area contributed by atoms with E-state index >= 15 is 0 Å². The van der Waals surface area contributed by atoms with Crippen molar-refractivity contribution < 1.29 is 22.5 Å². The van der Waals surface area contributed by atoms with Gasteiger partial charge in [0, 0.05) is 0 Å². The average molecular weight is 252 g/mol. The topological polar surface area (TPSA) is 80.7 Å². The zero-order chi connectivity index (χ0) is 12.4. The molecule has 5 nitrogen and oxygen atoms in total. The number of carbonyl (C=O) groups is 1. The van der Waals surface area contributed by atoms with E-state index in [1.165, 1.54) is 6.42 Å². The minimum Gasteiger partial charge on any atom is -0.479 e. The quantitative estimate of drug-likeness (QED) is 0.473.